The third-order valence-corrected chi connectivity index (χ3v) is 9.69. The normalized spacial score (nSPS) is 18.0. The third-order valence-electron chi connectivity index (χ3n) is 8.15. The van der Waals surface area contributed by atoms with Crippen molar-refractivity contribution in [3.05, 3.63) is 120 Å². The van der Waals surface area contributed by atoms with Crippen molar-refractivity contribution < 1.29 is 44.6 Å². The van der Waals surface area contributed by atoms with Crippen LogP contribution in [0, 0.1) is 12.8 Å². The number of sulfonamides is 1. The molecular formula is C33H38BrN3O5S. The minimum atomic E-state index is -3.71. The van der Waals surface area contributed by atoms with Crippen LogP contribution >= 0.6 is 0 Å². The van der Waals surface area contributed by atoms with Crippen LogP contribution in [0.4, 0.5) is 0 Å². The van der Waals surface area contributed by atoms with E-state index in [4.69, 9.17) is 4.74 Å². The van der Waals surface area contributed by atoms with Gasteiger partial charge in [0.25, 0.3) is 5.82 Å². The second-order valence-electron chi connectivity index (χ2n) is 10.9. The first-order valence-electron chi connectivity index (χ1n) is 14.4. The van der Waals surface area contributed by atoms with E-state index in [0.717, 1.165) is 12.4 Å². The lowest BCUT2D eigenvalue weighted by atomic mass is 9.80. The quantitative estimate of drug-likeness (QED) is 0.134. The average Bonchev–Trinajstić information content (AvgIpc) is 3.62. The molecule has 1 aliphatic rings. The zero-order chi connectivity index (χ0) is 29.6. The third kappa shape index (κ3) is 7.62. The lowest BCUT2D eigenvalue weighted by molar-refractivity contribution is -0.694. The number of esters is 1. The molecule has 0 aliphatic heterocycles. The van der Waals surface area contributed by atoms with Gasteiger partial charge in [-0.1, -0.05) is 78.9 Å². The highest BCUT2D eigenvalue weighted by atomic mass is 79.9. The standard InChI is InChI=1S/C33H38N3O5S.BrH/c1-26-35(21-22-36(26)25-27-12-5-2-6-13-27)20-11-23-41-32(37)33(38,28-14-7-3-8-15-28)29-18-19-30(24-29)34-42(39,40)31-16-9-4-10-17-31;/h2-10,12-17,21-22,29-30,34,38H,11,18-20,23-25H2,1H3;1H/q+1;/p-1/t29-,30?,33-;/m0./s1. The molecule has 5 rings (SSSR count). The van der Waals surface area contributed by atoms with Gasteiger partial charge in [-0.15, -0.1) is 0 Å². The Morgan fingerprint density at radius 3 is 2.30 bits per heavy atom. The van der Waals surface area contributed by atoms with Gasteiger partial charge in [0.15, 0.2) is 5.60 Å². The van der Waals surface area contributed by atoms with E-state index >= 15 is 0 Å². The van der Waals surface area contributed by atoms with Crippen molar-refractivity contribution in [3.63, 3.8) is 0 Å². The van der Waals surface area contributed by atoms with Gasteiger partial charge in [-0.25, -0.2) is 27.1 Å². The molecule has 0 radical (unpaired) electrons. The van der Waals surface area contributed by atoms with E-state index in [1.807, 2.05) is 36.7 Å². The summed E-state index contributed by atoms with van der Waals surface area (Å²) in [6.07, 6.45) is 5.96. The van der Waals surface area contributed by atoms with Gasteiger partial charge in [-0.05, 0) is 42.5 Å². The maximum absolute atomic E-state index is 13.5. The first kappa shape index (κ1) is 32.6. The minimum absolute atomic E-state index is 0. The fourth-order valence-corrected chi connectivity index (χ4v) is 7.11. The molecule has 8 nitrogen and oxygen atoms in total. The first-order chi connectivity index (χ1) is 20.3. The molecule has 10 heteroatoms. The summed E-state index contributed by atoms with van der Waals surface area (Å²) in [6.45, 7) is 3.66. The van der Waals surface area contributed by atoms with Crippen molar-refractivity contribution in [2.75, 3.05) is 6.61 Å². The van der Waals surface area contributed by atoms with Crippen LogP contribution in [0.2, 0.25) is 0 Å². The van der Waals surface area contributed by atoms with E-state index in [9.17, 15) is 18.3 Å². The average molecular weight is 669 g/mol. The number of hydrogen-bond acceptors (Lipinski definition) is 5. The van der Waals surface area contributed by atoms with Crippen molar-refractivity contribution in [3.8, 4) is 0 Å². The van der Waals surface area contributed by atoms with Gasteiger partial charge in [-0.2, -0.15) is 0 Å². The Morgan fingerprint density at radius 1 is 1.00 bits per heavy atom. The smallest absolute Gasteiger partial charge is 0.343 e. The molecular weight excluding hydrogens is 630 g/mol. The number of rotatable bonds is 12. The van der Waals surface area contributed by atoms with Gasteiger partial charge < -0.3 is 26.8 Å². The molecule has 1 unspecified atom stereocenters. The summed E-state index contributed by atoms with van der Waals surface area (Å²) in [7, 11) is -3.71. The SMILES string of the molecule is Cc1n(CCCOC(=O)[C@](O)(c2ccccc2)[C@H]2CCC(NS(=O)(=O)c3ccccc3)C2)cc[n+]1Cc1ccccc1.[Br-]. The molecule has 43 heavy (non-hydrogen) atoms. The minimum Gasteiger partial charge on any atom is -1.00 e. The molecule has 0 saturated heterocycles. The first-order valence-corrected chi connectivity index (χ1v) is 15.9. The van der Waals surface area contributed by atoms with Crippen LogP contribution < -0.4 is 26.3 Å². The zero-order valence-corrected chi connectivity index (χ0v) is 26.6. The summed E-state index contributed by atoms with van der Waals surface area (Å²) in [5, 5.41) is 11.9. The fourth-order valence-electron chi connectivity index (χ4n) is 5.80. The molecule has 2 N–H and O–H groups in total. The maximum atomic E-state index is 13.5. The summed E-state index contributed by atoms with van der Waals surface area (Å²) in [5.74, 6) is -0.103. The maximum Gasteiger partial charge on any atom is 0.343 e. The van der Waals surface area contributed by atoms with Gasteiger partial charge in [0.1, 0.15) is 18.9 Å². The topological polar surface area (TPSA) is 102 Å². The highest BCUT2D eigenvalue weighted by molar-refractivity contribution is 7.89. The Hall–Kier alpha value is -3.31. The Morgan fingerprint density at radius 2 is 1.63 bits per heavy atom. The molecule has 1 fully saturated rings. The predicted octanol–water partition coefficient (Wildman–Crippen LogP) is 1.10. The van der Waals surface area contributed by atoms with Crippen molar-refractivity contribution in [2.45, 2.75) is 62.2 Å². The molecule has 0 spiro atoms. The summed E-state index contributed by atoms with van der Waals surface area (Å²) in [5.41, 5.74) is -0.203. The number of ether oxygens (including phenoxy) is 1. The van der Waals surface area contributed by atoms with Crippen molar-refractivity contribution in [1.82, 2.24) is 9.29 Å². The van der Waals surface area contributed by atoms with Gasteiger partial charge in [0.2, 0.25) is 10.0 Å². The number of carbonyl (C=O) groups is 1. The van der Waals surface area contributed by atoms with Crippen LogP contribution in [0.5, 0.6) is 0 Å². The Balaban J connectivity index is 0.00000423. The zero-order valence-electron chi connectivity index (χ0n) is 24.2. The second kappa shape index (κ2) is 14.4. The van der Waals surface area contributed by atoms with E-state index < -0.39 is 33.6 Å². The number of imidazole rings is 1. The summed E-state index contributed by atoms with van der Waals surface area (Å²) in [4.78, 5) is 13.7. The number of hydrogen-bond donors (Lipinski definition) is 2. The monoisotopic (exact) mass is 667 g/mol. The Labute approximate surface area is 264 Å². The van der Waals surface area contributed by atoms with E-state index in [2.05, 4.69) is 32.9 Å². The highest BCUT2D eigenvalue weighted by Crippen LogP contribution is 2.42. The number of nitrogens with one attached hydrogen (secondary N) is 1. The molecule has 1 aliphatic carbocycles. The van der Waals surface area contributed by atoms with Crippen molar-refractivity contribution in [1.29, 1.82) is 0 Å². The highest BCUT2D eigenvalue weighted by Gasteiger charge is 2.50. The van der Waals surface area contributed by atoms with Crippen LogP contribution in [-0.2, 0) is 38.2 Å². The van der Waals surface area contributed by atoms with E-state index in [0.29, 0.717) is 37.8 Å². The number of halogens is 1. The van der Waals surface area contributed by atoms with E-state index in [1.165, 1.54) is 5.56 Å². The van der Waals surface area contributed by atoms with Gasteiger partial charge in [0, 0.05) is 25.3 Å². The number of benzene rings is 3. The summed E-state index contributed by atoms with van der Waals surface area (Å²) >= 11 is 0. The largest absolute Gasteiger partial charge is 1.00 e. The number of aromatic nitrogens is 2. The molecule has 228 valence electrons. The Kier molecular flexibility index (Phi) is 10.9. The van der Waals surface area contributed by atoms with Gasteiger partial charge in [-0.3, -0.25) is 0 Å². The van der Waals surface area contributed by atoms with E-state index in [-0.39, 0.29) is 28.5 Å². The molecule has 3 atom stereocenters. The summed E-state index contributed by atoms with van der Waals surface area (Å²) in [6, 6.07) is 26.9. The molecule has 0 bridgehead atoms. The summed E-state index contributed by atoms with van der Waals surface area (Å²) < 4.78 is 38.5. The number of carbonyl (C=O) groups excluding carboxylic acids is 1. The molecule has 1 saturated carbocycles. The fraction of sp³-hybridized carbons (Fsp3) is 0.333. The molecule has 0 amide bonds. The van der Waals surface area contributed by atoms with Crippen LogP contribution in [-0.4, -0.2) is 36.7 Å². The molecule has 3 aromatic carbocycles. The van der Waals surface area contributed by atoms with Gasteiger partial charge >= 0.3 is 5.97 Å². The second-order valence-corrected chi connectivity index (χ2v) is 12.6. The lowest BCUT2D eigenvalue weighted by Crippen LogP contribution is -3.00. The lowest BCUT2D eigenvalue weighted by Gasteiger charge is -2.32. The molecule has 1 heterocycles. The number of aliphatic hydroxyl groups is 1. The molecule has 4 aromatic rings. The van der Waals surface area contributed by atoms with Crippen LogP contribution in [0.1, 0.15) is 42.6 Å². The van der Waals surface area contributed by atoms with Crippen molar-refractivity contribution >= 4 is 16.0 Å². The van der Waals surface area contributed by atoms with Crippen LogP contribution in [0.15, 0.2) is 108 Å². The van der Waals surface area contributed by atoms with E-state index in [1.54, 1.807) is 54.6 Å². The number of aryl methyl sites for hydroxylation is 1. The molecule has 1 aromatic heterocycles. The number of nitrogens with zero attached hydrogens (tertiary/aromatic N) is 2. The van der Waals surface area contributed by atoms with Crippen molar-refractivity contribution in [2.24, 2.45) is 5.92 Å². The van der Waals surface area contributed by atoms with Crippen LogP contribution in [0.3, 0.4) is 0 Å². The Bertz CT molecular complexity index is 1580. The predicted molar refractivity (Wildman–Crippen MR) is 159 cm³/mol. The van der Waals surface area contributed by atoms with Crippen LogP contribution in [0.25, 0.3) is 0 Å². The van der Waals surface area contributed by atoms with Gasteiger partial charge in [0.05, 0.1) is 18.0 Å².